The first-order chi connectivity index (χ1) is 32.3. The van der Waals surface area contributed by atoms with Crippen LogP contribution < -0.4 is 0 Å². The average molecular weight is 950 g/mol. The van der Waals surface area contributed by atoms with Crippen molar-refractivity contribution in [3.05, 3.63) is 0 Å². The molecule has 67 heavy (non-hydrogen) atoms. The van der Waals surface area contributed by atoms with Gasteiger partial charge in [0.2, 0.25) is 0 Å². The molecule has 0 aliphatic rings. The smallest absolute Gasteiger partial charge is 0.337 e. The van der Waals surface area contributed by atoms with Gasteiger partial charge in [-0.15, -0.1) is 0 Å². The Labute approximate surface area is 416 Å². The molecule has 0 heterocycles. The summed E-state index contributed by atoms with van der Waals surface area (Å²) in [5, 5.41) is 32.2. The Balaban J connectivity index is 5.19. The summed E-state index contributed by atoms with van der Waals surface area (Å²) < 4.78 is 6.24. The Kier molecular flexibility index (Phi) is 44.4. The fourth-order valence-electron chi connectivity index (χ4n) is 10.5. The summed E-state index contributed by atoms with van der Waals surface area (Å²) >= 11 is 0. The van der Waals surface area contributed by atoms with Crippen LogP contribution >= 0.6 is 0 Å². The molecule has 0 fully saturated rings. The van der Waals surface area contributed by atoms with Gasteiger partial charge in [-0.05, 0) is 37.0 Å². The fourth-order valence-corrected chi connectivity index (χ4v) is 10.5. The van der Waals surface area contributed by atoms with Gasteiger partial charge in [0.1, 0.15) is 5.41 Å². The van der Waals surface area contributed by atoms with E-state index in [1.807, 2.05) is 0 Å². The van der Waals surface area contributed by atoms with Gasteiger partial charge in [0.25, 0.3) is 0 Å². The number of hydrogen-bond acceptors (Lipinski definition) is 4. The number of carboxylic acids is 3. The lowest BCUT2D eigenvalue weighted by Crippen LogP contribution is -2.61. The molecule has 0 aliphatic heterocycles. The first kappa shape index (κ1) is 65.4. The van der Waals surface area contributed by atoms with Gasteiger partial charge >= 0.3 is 17.9 Å². The minimum absolute atomic E-state index is 0.0576. The lowest BCUT2D eigenvalue weighted by Gasteiger charge is -2.44. The van der Waals surface area contributed by atoms with Gasteiger partial charge in [-0.2, -0.15) is 0 Å². The highest BCUT2D eigenvalue weighted by Crippen LogP contribution is 2.47. The zero-order valence-electron chi connectivity index (χ0n) is 45.7. The highest BCUT2D eigenvalue weighted by atomic mass is 16.5. The van der Waals surface area contributed by atoms with Crippen LogP contribution in [-0.2, 0) is 19.1 Å². The molecular formula is C60H116O7. The quantitative estimate of drug-likeness (QED) is 0.0519. The number of aliphatic carboxylic acids is 3. The van der Waals surface area contributed by atoms with E-state index in [0.29, 0.717) is 19.3 Å². The van der Waals surface area contributed by atoms with Crippen molar-refractivity contribution in [2.75, 3.05) is 6.61 Å². The van der Waals surface area contributed by atoms with E-state index in [1.54, 1.807) is 0 Å². The molecule has 1 unspecified atom stereocenters. The topological polar surface area (TPSA) is 121 Å². The Morgan fingerprint density at radius 1 is 0.328 bits per heavy atom. The van der Waals surface area contributed by atoms with E-state index < -0.39 is 35.3 Å². The van der Waals surface area contributed by atoms with E-state index >= 15 is 0 Å². The average Bonchev–Trinajstić information content (AvgIpc) is 3.27. The highest BCUT2D eigenvalue weighted by Gasteiger charge is 2.63. The Morgan fingerprint density at radius 2 is 0.552 bits per heavy atom. The van der Waals surface area contributed by atoms with E-state index in [1.165, 1.54) is 180 Å². The van der Waals surface area contributed by atoms with Crippen molar-refractivity contribution in [1.82, 2.24) is 0 Å². The molecule has 0 aromatic heterocycles. The minimum Gasteiger partial charge on any atom is -0.481 e. The van der Waals surface area contributed by atoms with Crippen molar-refractivity contribution in [3.63, 3.8) is 0 Å². The molecule has 7 nitrogen and oxygen atoms in total. The number of unbranched alkanes of at least 4 members (excludes halogenated alkanes) is 36. The minimum atomic E-state index is -2.32. The van der Waals surface area contributed by atoms with Crippen LogP contribution in [0.1, 0.15) is 330 Å². The second kappa shape index (κ2) is 45.5. The van der Waals surface area contributed by atoms with Gasteiger partial charge < -0.3 is 20.1 Å². The Hall–Kier alpha value is -1.63. The molecule has 0 bridgehead atoms. The Morgan fingerprint density at radius 3 is 0.761 bits per heavy atom. The zero-order chi connectivity index (χ0) is 49.7. The van der Waals surface area contributed by atoms with Crippen LogP contribution in [0.3, 0.4) is 0 Å². The zero-order valence-corrected chi connectivity index (χ0v) is 45.7. The van der Waals surface area contributed by atoms with E-state index in [0.717, 1.165) is 88.4 Å². The van der Waals surface area contributed by atoms with Gasteiger partial charge in [-0.1, -0.05) is 305 Å². The molecule has 0 saturated carbocycles. The number of carboxylic acid groups (broad SMARTS) is 3. The van der Waals surface area contributed by atoms with E-state index in [2.05, 4.69) is 41.5 Å². The fraction of sp³-hybridized carbons (Fsp3) is 0.950. The third-order valence-corrected chi connectivity index (χ3v) is 15.0. The van der Waals surface area contributed by atoms with Crippen LogP contribution in [0.15, 0.2) is 0 Å². The summed E-state index contributed by atoms with van der Waals surface area (Å²) in [6, 6.07) is 0. The molecule has 0 aromatic rings. The molecular weight excluding hydrogens is 833 g/mol. The van der Waals surface area contributed by atoms with Crippen LogP contribution in [0.4, 0.5) is 0 Å². The molecule has 0 saturated heterocycles. The Bertz CT molecular complexity index is 1080. The molecule has 7 heteroatoms. The van der Waals surface area contributed by atoms with Crippen LogP contribution in [-0.4, -0.2) is 45.4 Å². The molecule has 0 aliphatic carbocycles. The predicted octanol–water partition coefficient (Wildman–Crippen LogP) is 19.5. The third kappa shape index (κ3) is 36.9. The predicted molar refractivity (Wildman–Crippen MR) is 286 cm³/mol. The number of ether oxygens (including phenoxy) is 1. The van der Waals surface area contributed by atoms with Crippen LogP contribution in [0.5, 0.6) is 0 Å². The number of hydrogen-bond donors (Lipinski definition) is 3. The summed E-state index contributed by atoms with van der Waals surface area (Å²) in [6.45, 7) is 13.9. The van der Waals surface area contributed by atoms with Crippen LogP contribution in [0.2, 0.25) is 0 Å². The number of rotatable bonds is 54. The maximum atomic E-state index is 13.6. The van der Waals surface area contributed by atoms with Crippen molar-refractivity contribution >= 4 is 17.9 Å². The maximum absolute atomic E-state index is 13.6. The second-order valence-electron chi connectivity index (χ2n) is 22.8. The van der Waals surface area contributed by atoms with Crippen molar-refractivity contribution in [2.45, 2.75) is 336 Å². The van der Waals surface area contributed by atoms with Crippen molar-refractivity contribution in [1.29, 1.82) is 0 Å². The van der Waals surface area contributed by atoms with Gasteiger partial charge in [-0.3, -0.25) is 9.59 Å². The van der Waals surface area contributed by atoms with E-state index in [-0.39, 0.29) is 19.4 Å². The lowest BCUT2D eigenvalue weighted by atomic mass is 9.63. The maximum Gasteiger partial charge on any atom is 0.337 e. The van der Waals surface area contributed by atoms with E-state index in [4.69, 9.17) is 4.74 Å². The van der Waals surface area contributed by atoms with Crippen molar-refractivity contribution in [2.24, 2.45) is 23.2 Å². The highest BCUT2D eigenvalue weighted by molar-refractivity contribution is 5.92. The first-order valence-electron chi connectivity index (χ1n) is 29.6. The standard InChI is InChI=1S/C60H116O7/c1-53(2)46-40-34-28-22-16-10-7-13-19-25-31-37-43-49-59(57(63)64,50-44-38-32-26-20-14-8-11-17-23-29-35-41-47-54(3)4)60(58(65)66,52-56(61)62)67-51-45-39-33-27-21-15-9-12-18-24-30-36-42-48-55(5)6/h53-55H,7-52H2,1-6H3,(H,61,62)(H,63,64)(H,65,66). The van der Waals surface area contributed by atoms with Gasteiger partial charge in [0.05, 0.1) is 6.42 Å². The summed E-state index contributed by atoms with van der Waals surface area (Å²) in [6.07, 6.45) is 48.9. The molecule has 1 atom stereocenters. The SMILES string of the molecule is CC(C)CCCCCCCCCCCCCCCOC(CC(=O)O)(C(=O)O)C(CCCCCCCCCCCCCCCC(C)C)(CCCCCCCCCCCCCCCC(C)C)C(=O)O. The molecule has 0 rings (SSSR count). The molecule has 3 N–H and O–H groups in total. The molecule has 0 radical (unpaired) electrons. The van der Waals surface area contributed by atoms with Gasteiger partial charge in [0.15, 0.2) is 5.60 Å². The van der Waals surface area contributed by atoms with Crippen LogP contribution in [0, 0.1) is 23.2 Å². The van der Waals surface area contributed by atoms with Gasteiger partial charge in [0, 0.05) is 6.61 Å². The van der Waals surface area contributed by atoms with Crippen molar-refractivity contribution < 1.29 is 34.4 Å². The molecule has 0 aromatic carbocycles. The van der Waals surface area contributed by atoms with Gasteiger partial charge in [-0.25, -0.2) is 4.79 Å². The summed E-state index contributed by atoms with van der Waals surface area (Å²) in [5.74, 6) is -1.57. The summed E-state index contributed by atoms with van der Waals surface area (Å²) in [7, 11) is 0. The normalized spacial score (nSPS) is 13.0. The largest absolute Gasteiger partial charge is 0.481 e. The van der Waals surface area contributed by atoms with Crippen LogP contribution in [0.25, 0.3) is 0 Å². The first-order valence-corrected chi connectivity index (χ1v) is 29.6. The number of carbonyl (C=O) groups is 3. The summed E-state index contributed by atoms with van der Waals surface area (Å²) in [5.41, 5.74) is -4.13. The summed E-state index contributed by atoms with van der Waals surface area (Å²) in [4.78, 5) is 39.5. The van der Waals surface area contributed by atoms with E-state index in [9.17, 15) is 29.7 Å². The molecule has 0 spiro atoms. The molecule has 0 amide bonds. The van der Waals surface area contributed by atoms with Crippen molar-refractivity contribution in [3.8, 4) is 0 Å². The third-order valence-electron chi connectivity index (χ3n) is 15.0. The molecule has 398 valence electrons. The second-order valence-corrected chi connectivity index (χ2v) is 22.8. The lowest BCUT2D eigenvalue weighted by molar-refractivity contribution is -0.208. The monoisotopic (exact) mass is 949 g/mol.